The van der Waals surface area contributed by atoms with Gasteiger partial charge in [-0.15, -0.1) is 0 Å². The first-order chi connectivity index (χ1) is 7.86. The first-order valence-electron chi connectivity index (χ1n) is 5.59. The molecule has 0 bridgehead atoms. The lowest BCUT2D eigenvalue weighted by molar-refractivity contribution is 0.209. The van der Waals surface area contributed by atoms with Gasteiger partial charge < -0.3 is 10.4 Å². The van der Waals surface area contributed by atoms with E-state index in [0.717, 1.165) is 17.1 Å². The third-order valence-electron chi connectivity index (χ3n) is 2.24. The Hall–Kier alpha value is -1.55. The van der Waals surface area contributed by atoms with Crippen LogP contribution in [-0.4, -0.2) is 21.7 Å². The van der Waals surface area contributed by atoms with Crippen LogP contribution in [0.5, 0.6) is 0 Å². The highest BCUT2D eigenvalue weighted by Gasteiger charge is 2.04. The van der Waals surface area contributed by atoms with E-state index in [1.807, 2.05) is 32.1 Å². The van der Waals surface area contributed by atoms with Crippen molar-refractivity contribution in [1.82, 2.24) is 9.55 Å². The van der Waals surface area contributed by atoms with Crippen LogP contribution in [0.4, 0.5) is 5.95 Å². The summed E-state index contributed by atoms with van der Waals surface area (Å²) < 4.78 is 1.74. The van der Waals surface area contributed by atoms with Crippen molar-refractivity contribution in [3.05, 3.63) is 22.9 Å². The Morgan fingerprint density at radius 2 is 2.25 bits per heavy atom. The minimum absolute atomic E-state index is 0.0588. The number of aromatic nitrogens is 2. The van der Waals surface area contributed by atoms with Crippen LogP contribution in [0.3, 0.4) is 0 Å². The van der Waals surface area contributed by atoms with Crippen molar-refractivity contribution >= 4 is 18.1 Å². The molecule has 2 rings (SSSR count). The number of hydrogen-bond donors (Lipinski definition) is 2. The van der Waals surface area contributed by atoms with Crippen LogP contribution in [0.2, 0.25) is 0 Å². The Balaban J connectivity index is 0.000000606. The van der Waals surface area contributed by atoms with Gasteiger partial charge in [-0.1, -0.05) is 32.1 Å². The van der Waals surface area contributed by atoms with Crippen LogP contribution in [0.25, 0.3) is 12.2 Å². The molecule has 88 valence electrons. The summed E-state index contributed by atoms with van der Waals surface area (Å²) in [5, 5.41) is 14.0. The molecule has 0 atom stereocenters. The topological polar surface area (TPSA) is 50.1 Å². The summed E-state index contributed by atoms with van der Waals surface area (Å²) >= 11 is 0. The van der Waals surface area contributed by atoms with Crippen LogP contribution < -0.4 is 16.0 Å². The molecule has 16 heavy (non-hydrogen) atoms. The second kappa shape index (κ2) is 6.12. The van der Waals surface area contributed by atoms with Crippen LogP contribution >= 0.6 is 0 Å². The maximum Gasteiger partial charge on any atom is 0.205 e. The maximum absolute atomic E-state index is 9.21. The Morgan fingerprint density at radius 3 is 2.88 bits per heavy atom. The van der Waals surface area contributed by atoms with E-state index in [1.54, 1.807) is 11.6 Å². The summed E-state index contributed by atoms with van der Waals surface area (Å²) in [5.74, 6) is 0.695. The summed E-state index contributed by atoms with van der Waals surface area (Å²) in [7, 11) is 1.80. The molecule has 0 spiro atoms. The van der Waals surface area contributed by atoms with E-state index >= 15 is 0 Å². The monoisotopic (exact) mass is 221 g/mol. The minimum Gasteiger partial charge on any atom is -0.376 e. The average molecular weight is 221 g/mol. The molecule has 0 aromatic carbocycles. The van der Waals surface area contributed by atoms with Gasteiger partial charge >= 0.3 is 0 Å². The summed E-state index contributed by atoms with van der Waals surface area (Å²) in [6.07, 6.45) is 8.93. The van der Waals surface area contributed by atoms with E-state index in [9.17, 15) is 5.11 Å². The molecule has 0 saturated heterocycles. The maximum atomic E-state index is 9.21. The van der Waals surface area contributed by atoms with Crippen LogP contribution in [-0.2, 0) is 6.73 Å². The third-order valence-corrected chi connectivity index (χ3v) is 2.24. The fourth-order valence-corrected chi connectivity index (χ4v) is 1.56. The predicted molar refractivity (Wildman–Crippen MR) is 67.3 cm³/mol. The molecular weight excluding hydrogens is 202 g/mol. The van der Waals surface area contributed by atoms with E-state index in [1.165, 1.54) is 0 Å². The van der Waals surface area contributed by atoms with Gasteiger partial charge in [-0.25, -0.2) is 4.98 Å². The van der Waals surface area contributed by atoms with Gasteiger partial charge in [-0.2, -0.15) is 0 Å². The van der Waals surface area contributed by atoms with Crippen molar-refractivity contribution in [3.8, 4) is 0 Å². The smallest absolute Gasteiger partial charge is 0.205 e. The van der Waals surface area contributed by atoms with E-state index < -0.39 is 0 Å². The first-order valence-corrected chi connectivity index (χ1v) is 5.59. The highest BCUT2D eigenvalue weighted by molar-refractivity contribution is 5.44. The van der Waals surface area contributed by atoms with Gasteiger partial charge in [0.15, 0.2) is 0 Å². The normalized spacial score (nSPS) is 12.5. The lowest BCUT2D eigenvalue weighted by atomic mass is 10.4. The zero-order chi connectivity index (χ0) is 12.0. The van der Waals surface area contributed by atoms with Crippen molar-refractivity contribution in [2.45, 2.75) is 27.0 Å². The van der Waals surface area contributed by atoms with Gasteiger partial charge in [0.1, 0.15) is 6.73 Å². The molecule has 0 unspecified atom stereocenters. The molecule has 1 aromatic rings. The SMILES string of the molecule is CC.CNc1nc2c(n1CO)=CC=CCC=2. The van der Waals surface area contributed by atoms with Crippen LogP contribution in [0.15, 0.2) is 12.2 Å². The van der Waals surface area contributed by atoms with Crippen molar-refractivity contribution < 1.29 is 5.11 Å². The van der Waals surface area contributed by atoms with Gasteiger partial charge in [0.25, 0.3) is 0 Å². The Kier molecular flexibility index (Phi) is 4.79. The molecule has 4 nitrogen and oxygen atoms in total. The van der Waals surface area contributed by atoms with Gasteiger partial charge in [0.2, 0.25) is 5.95 Å². The van der Waals surface area contributed by atoms with Gasteiger partial charge in [0, 0.05) is 7.05 Å². The number of aliphatic hydroxyl groups is 1. The number of imidazole rings is 1. The van der Waals surface area contributed by atoms with Gasteiger partial charge in [-0.05, 0) is 12.5 Å². The summed E-state index contributed by atoms with van der Waals surface area (Å²) in [4.78, 5) is 4.37. The highest BCUT2D eigenvalue weighted by atomic mass is 16.3. The number of aliphatic hydroxyl groups excluding tert-OH is 1. The fourth-order valence-electron chi connectivity index (χ4n) is 1.56. The van der Waals surface area contributed by atoms with E-state index in [2.05, 4.69) is 16.4 Å². The number of allylic oxidation sites excluding steroid dienone is 2. The Labute approximate surface area is 95.6 Å². The number of fused-ring (bicyclic) bond motifs is 1. The lowest BCUT2D eigenvalue weighted by Gasteiger charge is -2.01. The van der Waals surface area contributed by atoms with Gasteiger partial charge in [-0.3, -0.25) is 4.57 Å². The second-order valence-electron chi connectivity index (χ2n) is 3.06. The molecule has 1 aromatic heterocycles. The van der Waals surface area contributed by atoms with Crippen molar-refractivity contribution in [1.29, 1.82) is 0 Å². The zero-order valence-electron chi connectivity index (χ0n) is 10.1. The standard InChI is InChI=1S/C10H13N3O.C2H6/c1-11-10-12-8-5-3-2-4-6-9(8)13(10)7-14;1-2/h2,4-6,14H,3,7H2,1H3,(H,11,12);1-2H3. The number of rotatable bonds is 2. The fraction of sp³-hybridized carbons (Fsp3) is 0.417. The summed E-state index contributed by atoms with van der Waals surface area (Å²) in [5.41, 5.74) is 0. The molecule has 4 heteroatoms. The minimum atomic E-state index is -0.0588. The predicted octanol–water partition coefficient (Wildman–Crippen LogP) is 0.422. The van der Waals surface area contributed by atoms with E-state index in [4.69, 9.17) is 0 Å². The average Bonchev–Trinajstić information content (AvgIpc) is 2.52. The molecule has 0 fully saturated rings. The highest BCUT2D eigenvalue weighted by Crippen LogP contribution is 1.96. The number of hydrogen-bond acceptors (Lipinski definition) is 3. The quantitative estimate of drug-likeness (QED) is 0.761. The Morgan fingerprint density at radius 1 is 1.50 bits per heavy atom. The molecule has 1 aliphatic rings. The molecule has 0 radical (unpaired) electrons. The van der Waals surface area contributed by atoms with E-state index in [-0.39, 0.29) is 6.73 Å². The second-order valence-corrected chi connectivity index (χ2v) is 3.06. The molecule has 2 N–H and O–H groups in total. The zero-order valence-corrected chi connectivity index (χ0v) is 10.1. The van der Waals surface area contributed by atoms with Crippen LogP contribution in [0, 0.1) is 0 Å². The Bertz CT molecular complexity index is 471. The largest absolute Gasteiger partial charge is 0.376 e. The summed E-state index contributed by atoms with van der Waals surface area (Å²) in [6, 6.07) is 0. The molecular formula is C12H19N3O. The number of nitrogens with one attached hydrogen (secondary N) is 1. The molecule has 0 amide bonds. The van der Waals surface area contributed by atoms with E-state index in [0.29, 0.717) is 5.95 Å². The number of nitrogens with zero attached hydrogens (tertiary/aromatic N) is 2. The third kappa shape index (κ3) is 2.33. The van der Waals surface area contributed by atoms with Crippen molar-refractivity contribution in [3.63, 3.8) is 0 Å². The van der Waals surface area contributed by atoms with Gasteiger partial charge in [0.05, 0.1) is 10.7 Å². The van der Waals surface area contributed by atoms with Crippen molar-refractivity contribution in [2.75, 3.05) is 12.4 Å². The lowest BCUT2D eigenvalue weighted by Crippen LogP contribution is -2.29. The number of anilines is 1. The van der Waals surface area contributed by atoms with Crippen molar-refractivity contribution in [2.24, 2.45) is 0 Å². The molecule has 1 aliphatic carbocycles. The first kappa shape index (κ1) is 12.5. The summed E-state index contributed by atoms with van der Waals surface area (Å²) in [6.45, 7) is 3.94. The molecule has 0 aliphatic heterocycles. The van der Waals surface area contributed by atoms with Crippen LogP contribution in [0.1, 0.15) is 20.3 Å². The molecule has 0 saturated carbocycles. The molecule has 1 heterocycles.